The summed E-state index contributed by atoms with van der Waals surface area (Å²) in [6, 6.07) is 19.8. The van der Waals surface area contributed by atoms with E-state index >= 15 is 0 Å². The van der Waals surface area contributed by atoms with E-state index in [2.05, 4.69) is 30.6 Å². The minimum Gasteiger partial charge on any atom is -0.452 e. The van der Waals surface area contributed by atoms with Gasteiger partial charge in [0, 0.05) is 20.8 Å². The van der Waals surface area contributed by atoms with E-state index in [0.29, 0.717) is 11.1 Å². The van der Waals surface area contributed by atoms with Crippen LogP contribution in [-0.4, -0.2) is 6.85 Å². The van der Waals surface area contributed by atoms with Gasteiger partial charge < -0.3 is 4.42 Å². The Bertz CT molecular complexity index is 1460. The predicted octanol–water partition coefficient (Wildman–Crippen LogP) is 3.82. The number of aromatic nitrogens is 1. The summed E-state index contributed by atoms with van der Waals surface area (Å²) in [7, 11) is 1.90. The van der Waals surface area contributed by atoms with Crippen LogP contribution in [0.2, 0.25) is 6.82 Å². The SMILES string of the molecule is [2H]C([2H])([2H])c1c[n+](C)c(N2B(C)C=c3c(oc4ccccc34)=C2C)cc1-c1ccccc1. The van der Waals surface area contributed by atoms with Crippen LogP contribution in [0, 0.1) is 6.85 Å². The molecule has 29 heavy (non-hydrogen) atoms. The van der Waals surface area contributed by atoms with E-state index < -0.39 is 6.85 Å². The number of anilines is 1. The number of aryl methyl sites for hydroxylation is 2. The lowest BCUT2D eigenvalue weighted by molar-refractivity contribution is -0.658. The molecule has 1 aliphatic rings. The lowest BCUT2D eigenvalue weighted by Crippen LogP contribution is -2.50. The monoisotopic (exact) mass is 382 g/mol. The molecule has 142 valence electrons. The van der Waals surface area contributed by atoms with Crippen LogP contribution in [0.5, 0.6) is 0 Å². The van der Waals surface area contributed by atoms with E-state index in [-0.39, 0.29) is 6.85 Å². The van der Waals surface area contributed by atoms with Gasteiger partial charge in [0.15, 0.2) is 5.42 Å². The summed E-state index contributed by atoms with van der Waals surface area (Å²) in [6.07, 6.45) is 1.73. The fourth-order valence-corrected chi connectivity index (χ4v) is 4.34. The zero-order valence-electron chi connectivity index (χ0n) is 19.8. The summed E-state index contributed by atoms with van der Waals surface area (Å²) >= 11 is 0. The molecular weight excluding hydrogens is 355 g/mol. The van der Waals surface area contributed by atoms with Gasteiger partial charge in [-0.3, -0.25) is 4.81 Å². The number of fused-ring (bicyclic) bond motifs is 3. The summed E-state index contributed by atoms with van der Waals surface area (Å²) in [5, 5.41) is 2.23. The molecule has 0 atom stereocenters. The third-order valence-electron chi connectivity index (χ3n) is 5.72. The molecule has 0 unspecified atom stereocenters. The number of hydrogen-bond donors (Lipinski definition) is 0. The highest BCUT2D eigenvalue weighted by atomic mass is 16.3. The number of furan rings is 1. The van der Waals surface area contributed by atoms with Crippen molar-refractivity contribution in [2.75, 3.05) is 4.81 Å². The second kappa shape index (κ2) is 6.66. The van der Waals surface area contributed by atoms with Crippen molar-refractivity contribution in [3.63, 3.8) is 0 Å². The van der Waals surface area contributed by atoms with Crippen LogP contribution in [0.15, 0.2) is 71.3 Å². The zero-order valence-corrected chi connectivity index (χ0v) is 16.8. The number of hydrogen-bond acceptors (Lipinski definition) is 2. The molecule has 2 aromatic heterocycles. The minimum absolute atomic E-state index is 0.0666. The molecule has 0 N–H and O–H groups in total. The van der Waals surface area contributed by atoms with E-state index in [1.807, 2.05) is 66.2 Å². The third-order valence-corrected chi connectivity index (χ3v) is 5.72. The zero-order chi connectivity index (χ0) is 22.6. The highest BCUT2D eigenvalue weighted by molar-refractivity contribution is 6.77. The molecule has 0 saturated carbocycles. The van der Waals surface area contributed by atoms with Gasteiger partial charge in [-0.2, -0.15) is 0 Å². The average molecular weight is 382 g/mol. The molecule has 3 nitrogen and oxygen atoms in total. The Balaban J connectivity index is 1.76. The molecule has 2 aromatic carbocycles. The molecule has 0 radical (unpaired) electrons. The number of benzene rings is 2. The lowest BCUT2D eigenvalue weighted by atomic mass is 9.60. The summed E-state index contributed by atoms with van der Waals surface area (Å²) in [5.74, 6) is 3.12. The van der Waals surface area contributed by atoms with Crippen molar-refractivity contribution >= 4 is 35.3 Å². The molecule has 1 aliphatic heterocycles. The molecule has 4 aromatic rings. The average Bonchev–Trinajstić information content (AvgIpc) is 3.13. The van der Waals surface area contributed by atoms with Crippen molar-refractivity contribution in [1.82, 2.24) is 0 Å². The van der Waals surface area contributed by atoms with Gasteiger partial charge in [0.25, 0.3) is 5.82 Å². The summed E-state index contributed by atoms with van der Waals surface area (Å²) in [5.41, 5.74) is 4.66. The van der Waals surface area contributed by atoms with E-state index in [1.165, 1.54) is 0 Å². The Morgan fingerprint density at radius 3 is 2.62 bits per heavy atom. The second-order valence-corrected chi connectivity index (χ2v) is 7.64. The van der Waals surface area contributed by atoms with E-state index in [1.54, 1.807) is 6.20 Å². The number of nitrogens with zero attached hydrogens (tertiary/aromatic N) is 2. The van der Waals surface area contributed by atoms with Crippen molar-refractivity contribution in [2.24, 2.45) is 7.05 Å². The van der Waals surface area contributed by atoms with E-state index in [4.69, 9.17) is 8.53 Å². The van der Waals surface area contributed by atoms with Crippen molar-refractivity contribution in [2.45, 2.75) is 20.6 Å². The molecule has 0 bridgehead atoms. The largest absolute Gasteiger partial charge is 0.452 e. The third kappa shape index (κ3) is 2.79. The van der Waals surface area contributed by atoms with Crippen LogP contribution < -0.4 is 20.0 Å². The first-order valence-electron chi connectivity index (χ1n) is 11.3. The minimum atomic E-state index is -2.22. The van der Waals surface area contributed by atoms with Gasteiger partial charge in [-0.1, -0.05) is 54.5 Å². The summed E-state index contributed by atoms with van der Waals surface area (Å²) in [6.45, 7) is 2.06. The van der Waals surface area contributed by atoms with Gasteiger partial charge >= 0.3 is 6.85 Å². The summed E-state index contributed by atoms with van der Waals surface area (Å²) in [4.78, 5) is 2.21. The first kappa shape index (κ1) is 14.7. The Morgan fingerprint density at radius 1 is 1.07 bits per heavy atom. The first-order valence-corrected chi connectivity index (χ1v) is 9.85. The number of para-hydroxylation sites is 1. The van der Waals surface area contributed by atoms with Gasteiger partial charge in [0.1, 0.15) is 11.3 Å². The molecule has 3 heterocycles. The van der Waals surface area contributed by atoms with Gasteiger partial charge in [0.2, 0.25) is 0 Å². The molecule has 0 saturated heterocycles. The van der Waals surface area contributed by atoms with Crippen LogP contribution in [0.1, 0.15) is 16.6 Å². The normalized spacial score (nSPS) is 15.6. The van der Waals surface area contributed by atoms with Crippen LogP contribution in [0.4, 0.5) is 5.82 Å². The highest BCUT2D eigenvalue weighted by Gasteiger charge is 2.34. The van der Waals surface area contributed by atoms with Crippen molar-refractivity contribution in [3.05, 3.63) is 83.1 Å². The summed E-state index contributed by atoms with van der Waals surface area (Å²) < 4.78 is 32.4. The van der Waals surface area contributed by atoms with E-state index in [9.17, 15) is 0 Å². The molecule has 5 rings (SSSR count). The van der Waals surface area contributed by atoms with Crippen LogP contribution in [-0.2, 0) is 7.05 Å². The topological polar surface area (TPSA) is 20.3 Å². The van der Waals surface area contributed by atoms with Gasteiger partial charge in [-0.05, 0) is 43.4 Å². The molecule has 0 aliphatic carbocycles. The maximum Gasteiger partial charge on any atom is 0.402 e. The fraction of sp³-hybridized carbons (Fsp3) is 0.160. The number of rotatable bonds is 2. The highest BCUT2D eigenvalue weighted by Crippen LogP contribution is 2.28. The van der Waals surface area contributed by atoms with Crippen LogP contribution in [0.25, 0.3) is 33.8 Å². The molecule has 0 fully saturated rings. The Labute approximate surface area is 175 Å². The molecule has 0 spiro atoms. The Morgan fingerprint density at radius 2 is 1.83 bits per heavy atom. The lowest BCUT2D eigenvalue weighted by Gasteiger charge is -2.24. The second-order valence-electron chi connectivity index (χ2n) is 7.64. The quantitative estimate of drug-likeness (QED) is 0.388. The van der Waals surface area contributed by atoms with Gasteiger partial charge in [0.05, 0.1) is 13.2 Å². The molecular formula is C25H24BN2O+. The Hall–Kier alpha value is -3.27. The maximum absolute atomic E-state index is 8.09. The van der Waals surface area contributed by atoms with Gasteiger partial charge in [-0.25, -0.2) is 4.57 Å². The standard InChI is InChI=1S/C25H24BN2O/c1-17-16-27(4)24(14-21(17)19-10-6-5-7-11-19)28-18(2)25-22(15-26(28)3)20-12-8-9-13-23(20)29-25/h5-16H,1-4H3/q+1/i1D3. The van der Waals surface area contributed by atoms with Crippen molar-refractivity contribution < 1.29 is 13.1 Å². The molecule has 0 amide bonds. The van der Waals surface area contributed by atoms with Gasteiger partial charge in [-0.15, -0.1) is 0 Å². The smallest absolute Gasteiger partial charge is 0.402 e. The maximum atomic E-state index is 8.09. The fourth-order valence-electron chi connectivity index (χ4n) is 4.34. The van der Waals surface area contributed by atoms with Crippen molar-refractivity contribution in [3.8, 4) is 11.1 Å². The molecule has 4 heteroatoms. The number of pyridine rings is 1. The Kier molecular flexibility index (Phi) is 3.38. The van der Waals surface area contributed by atoms with E-state index in [0.717, 1.165) is 38.7 Å². The van der Waals surface area contributed by atoms with Crippen LogP contribution >= 0.6 is 0 Å². The first-order chi connectivity index (χ1) is 15.3. The van der Waals surface area contributed by atoms with Crippen molar-refractivity contribution in [1.29, 1.82) is 0 Å². The van der Waals surface area contributed by atoms with Crippen LogP contribution in [0.3, 0.4) is 0 Å². The predicted molar refractivity (Wildman–Crippen MR) is 121 cm³/mol.